The summed E-state index contributed by atoms with van der Waals surface area (Å²) in [6.07, 6.45) is 15.3. The molecule has 4 nitrogen and oxygen atoms in total. The molecule has 2 aromatic heterocycles. The van der Waals surface area contributed by atoms with Gasteiger partial charge >= 0.3 is 0 Å². The summed E-state index contributed by atoms with van der Waals surface area (Å²) in [6.45, 7) is 4.65. The molecule has 2 aliphatic carbocycles. The van der Waals surface area contributed by atoms with E-state index < -0.39 is 0 Å². The minimum Gasteiger partial charge on any atom is -0.373 e. The highest BCUT2D eigenvalue weighted by atomic mass is 15.0. The standard InChI is InChI=1S/C44H38N4/c1-27-24-34-18-22-38(30-12-7-4-8-13-30)46-42(34)44-36(27)20-23-39(47-44)32-14-9-15-33(26-32)40-25-28(2)35-19-16-31-17-21-37(29-10-5-3-6-11-29)45-41(31)43(35)48-40/h3-7,9-12,14-23,26-28,44,47H,8,13,24-25H2,1-2H3. The molecule has 4 heteroatoms. The Labute approximate surface area is 282 Å². The van der Waals surface area contributed by atoms with E-state index in [0.29, 0.717) is 11.8 Å². The van der Waals surface area contributed by atoms with Crippen LogP contribution in [0, 0.1) is 5.92 Å². The lowest BCUT2D eigenvalue weighted by atomic mass is 9.78. The normalized spacial score (nSPS) is 21.2. The zero-order chi connectivity index (χ0) is 32.2. The van der Waals surface area contributed by atoms with Gasteiger partial charge in [-0.05, 0) is 95.2 Å². The Morgan fingerprint density at radius 3 is 2.42 bits per heavy atom. The van der Waals surface area contributed by atoms with Crippen molar-refractivity contribution in [2.45, 2.75) is 51.5 Å². The quantitative estimate of drug-likeness (QED) is 0.217. The molecule has 4 aliphatic rings. The zero-order valence-electron chi connectivity index (χ0n) is 27.4. The lowest BCUT2D eigenvalue weighted by Crippen LogP contribution is -2.33. The van der Waals surface area contributed by atoms with Crippen molar-refractivity contribution in [2.75, 3.05) is 0 Å². The van der Waals surface area contributed by atoms with Gasteiger partial charge in [0.1, 0.15) is 0 Å². The van der Waals surface area contributed by atoms with Crippen molar-refractivity contribution < 1.29 is 0 Å². The second-order valence-electron chi connectivity index (χ2n) is 13.7. The van der Waals surface area contributed by atoms with E-state index in [9.17, 15) is 0 Å². The molecule has 0 bridgehead atoms. The number of dihydropyridines is 1. The van der Waals surface area contributed by atoms with Crippen molar-refractivity contribution in [1.29, 1.82) is 0 Å². The Kier molecular flexibility index (Phi) is 7.04. The molecular weight excluding hydrogens is 585 g/mol. The number of allylic oxidation sites excluding steroid dienone is 6. The van der Waals surface area contributed by atoms with Gasteiger partial charge in [-0.1, -0.05) is 111 Å². The van der Waals surface area contributed by atoms with Gasteiger partial charge in [0.05, 0.1) is 34.3 Å². The average Bonchev–Trinajstić information content (AvgIpc) is 3.15. The Balaban J connectivity index is 1.07. The molecule has 2 aliphatic heterocycles. The second kappa shape index (κ2) is 11.7. The number of hydrogen-bond donors (Lipinski definition) is 1. The number of hydrogen-bond acceptors (Lipinski definition) is 4. The summed E-state index contributed by atoms with van der Waals surface area (Å²) < 4.78 is 0. The maximum Gasteiger partial charge on any atom is 0.0968 e. The average molecular weight is 623 g/mol. The van der Waals surface area contributed by atoms with Gasteiger partial charge in [-0.25, -0.2) is 4.98 Å². The van der Waals surface area contributed by atoms with Crippen molar-refractivity contribution in [3.63, 3.8) is 0 Å². The third-order valence-corrected chi connectivity index (χ3v) is 10.5. The van der Waals surface area contributed by atoms with Gasteiger partial charge in [0.15, 0.2) is 0 Å². The minimum atomic E-state index is 0.0715. The lowest BCUT2D eigenvalue weighted by molar-refractivity contribution is 0.522. The molecule has 0 amide bonds. The first-order chi connectivity index (χ1) is 23.6. The van der Waals surface area contributed by atoms with Crippen molar-refractivity contribution in [3.05, 3.63) is 161 Å². The molecule has 0 saturated carbocycles. The van der Waals surface area contributed by atoms with Crippen LogP contribution >= 0.6 is 0 Å². The van der Waals surface area contributed by atoms with Crippen LogP contribution in [0.3, 0.4) is 0 Å². The van der Waals surface area contributed by atoms with Crippen molar-refractivity contribution >= 4 is 33.6 Å². The summed E-state index contributed by atoms with van der Waals surface area (Å²) in [7, 11) is 0. The smallest absolute Gasteiger partial charge is 0.0968 e. The van der Waals surface area contributed by atoms with Crippen LogP contribution in [0.1, 0.15) is 78.7 Å². The summed E-state index contributed by atoms with van der Waals surface area (Å²) in [6, 6.07) is 32.6. The summed E-state index contributed by atoms with van der Waals surface area (Å²) in [5, 5.41) is 5.05. The van der Waals surface area contributed by atoms with Gasteiger partial charge in [-0.2, -0.15) is 0 Å². The van der Waals surface area contributed by atoms with Crippen molar-refractivity contribution in [3.8, 4) is 11.3 Å². The summed E-state index contributed by atoms with van der Waals surface area (Å²) >= 11 is 0. The fourth-order valence-electron chi connectivity index (χ4n) is 7.89. The van der Waals surface area contributed by atoms with Gasteiger partial charge in [-0.15, -0.1) is 0 Å². The number of benzene rings is 3. The first-order valence-electron chi connectivity index (χ1n) is 17.3. The minimum absolute atomic E-state index is 0.0715. The second-order valence-corrected chi connectivity index (χ2v) is 13.7. The Hall–Kier alpha value is -5.35. The number of aromatic nitrogens is 2. The highest BCUT2D eigenvalue weighted by Crippen LogP contribution is 2.43. The highest BCUT2D eigenvalue weighted by molar-refractivity contribution is 6.07. The maximum atomic E-state index is 5.36. The van der Waals surface area contributed by atoms with Crippen LogP contribution < -0.4 is 5.32 Å². The number of nitrogens with one attached hydrogen (secondary N) is 1. The molecule has 0 fully saturated rings. The Morgan fingerprint density at radius 2 is 1.54 bits per heavy atom. The molecule has 0 radical (unpaired) electrons. The molecular formula is C44H38N4. The first-order valence-corrected chi connectivity index (χ1v) is 17.3. The third-order valence-electron chi connectivity index (χ3n) is 10.5. The van der Waals surface area contributed by atoms with Gasteiger partial charge in [-0.3, -0.25) is 9.98 Å². The van der Waals surface area contributed by atoms with Gasteiger partial charge < -0.3 is 5.32 Å². The fraction of sp³-hybridized carbons (Fsp3) is 0.205. The monoisotopic (exact) mass is 622 g/mol. The Bertz CT molecular complexity index is 2250. The Morgan fingerprint density at radius 1 is 0.708 bits per heavy atom. The fourth-order valence-corrected chi connectivity index (χ4v) is 7.89. The van der Waals surface area contributed by atoms with Crippen LogP contribution in [0.15, 0.2) is 132 Å². The van der Waals surface area contributed by atoms with Gasteiger partial charge in [0, 0.05) is 22.4 Å². The van der Waals surface area contributed by atoms with E-state index >= 15 is 0 Å². The molecule has 0 saturated heterocycles. The molecule has 1 N–H and O–H groups in total. The summed E-state index contributed by atoms with van der Waals surface area (Å²) in [5.74, 6) is 0.808. The van der Waals surface area contributed by atoms with Gasteiger partial charge in [0.2, 0.25) is 0 Å². The summed E-state index contributed by atoms with van der Waals surface area (Å²) in [4.78, 5) is 15.8. The SMILES string of the molecule is CC1Cc2ccc(C3=CC=CCC3)nc2C2NC(c3cccc(C4=Nc5c(ccc6ccc(-c7ccccc7)nc56)C(C)C4)c3)=CC=C12. The van der Waals surface area contributed by atoms with Gasteiger partial charge in [0.25, 0.3) is 0 Å². The predicted molar refractivity (Wildman–Crippen MR) is 198 cm³/mol. The highest BCUT2D eigenvalue weighted by Gasteiger charge is 2.33. The summed E-state index contributed by atoms with van der Waals surface area (Å²) in [5.41, 5.74) is 16.3. The number of pyridine rings is 2. The molecule has 3 atom stereocenters. The van der Waals surface area contributed by atoms with E-state index in [1.807, 2.05) is 6.07 Å². The lowest BCUT2D eigenvalue weighted by Gasteiger charge is -2.36. The molecule has 4 heterocycles. The molecule has 3 unspecified atom stereocenters. The van der Waals surface area contributed by atoms with Crippen LogP contribution in [0.5, 0.6) is 0 Å². The zero-order valence-corrected chi connectivity index (χ0v) is 27.4. The number of fused-ring (bicyclic) bond motifs is 6. The number of rotatable bonds is 4. The topological polar surface area (TPSA) is 50.2 Å². The van der Waals surface area contributed by atoms with Crippen LogP contribution in [0.25, 0.3) is 33.4 Å². The maximum absolute atomic E-state index is 5.36. The van der Waals surface area contributed by atoms with Crippen LogP contribution in [-0.4, -0.2) is 15.7 Å². The van der Waals surface area contributed by atoms with Crippen LogP contribution in [0.4, 0.5) is 5.69 Å². The number of aliphatic imine (C=N–C) groups is 1. The number of nitrogens with zero attached hydrogens (tertiary/aromatic N) is 3. The van der Waals surface area contributed by atoms with E-state index in [2.05, 4.69) is 134 Å². The predicted octanol–water partition coefficient (Wildman–Crippen LogP) is 10.5. The van der Waals surface area contributed by atoms with Crippen molar-refractivity contribution in [2.24, 2.45) is 10.9 Å². The van der Waals surface area contributed by atoms with E-state index in [1.54, 1.807) is 0 Å². The third kappa shape index (κ3) is 5.04. The van der Waals surface area contributed by atoms with E-state index in [-0.39, 0.29) is 6.04 Å². The molecule has 48 heavy (non-hydrogen) atoms. The van der Waals surface area contributed by atoms with E-state index in [0.717, 1.165) is 76.2 Å². The molecule has 234 valence electrons. The molecule has 5 aromatic rings. The molecule has 9 rings (SSSR count). The first kappa shape index (κ1) is 28.8. The largest absolute Gasteiger partial charge is 0.373 e. The van der Waals surface area contributed by atoms with E-state index in [4.69, 9.17) is 15.0 Å². The van der Waals surface area contributed by atoms with Crippen LogP contribution in [-0.2, 0) is 6.42 Å². The van der Waals surface area contributed by atoms with Crippen LogP contribution in [0.2, 0.25) is 0 Å². The molecule has 3 aromatic carbocycles. The molecule has 0 spiro atoms. The van der Waals surface area contributed by atoms with Crippen molar-refractivity contribution in [1.82, 2.24) is 15.3 Å². The van der Waals surface area contributed by atoms with E-state index in [1.165, 1.54) is 33.5 Å².